The van der Waals surface area contributed by atoms with E-state index in [1.807, 2.05) is 0 Å². The van der Waals surface area contributed by atoms with Crippen LogP contribution in [0, 0.1) is 5.92 Å². The fraction of sp³-hybridized carbons (Fsp3) is 0.667. The first-order valence-electron chi connectivity index (χ1n) is 8.17. The van der Waals surface area contributed by atoms with Crippen LogP contribution >= 0.6 is 11.6 Å². The summed E-state index contributed by atoms with van der Waals surface area (Å²) in [4.78, 5) is 0. The van der Waals surface area contributed by atoms with Crippen LogP contribution < -0.4 is 0 Å². The highest BCUT2D eigenvalue weighted by molar-refractivity contribution is 6.20. The second kappa shape index (κ2) is 9.94. The smallest absolute Gasteiger partial charge is 0.119 e. The van der Waals surface area contributed by atoms with Crippen LogP contribution in [0.5, 0.6) is 11.5 Å². The molecule has 0 saturated carbocycles. The summed E-state index contributed by atoms with van der Waals surface area (Å²) in [6, 6.07) is 4.83. The quantitative estimate of drug-likeness (QED) is 0.434. The molecular formula is C18H29ClO2. The summed E-state index contributed by atoms with van der Waals surface area (Å²) in [6.07, 6.45) is 9.13. The van der Waals surface area contributed by atoms with Crippen LogP contribution in [0.3, 0.4) is 0 Å². The van der Waals surface area contributed by atoms with E-state index in [2.05, 4.69) is 13.8 Å². The van der Waals surface area contributed by atoms with E-state index < -0.39 is 0 Å². The molecule has 2 unspecified atom stereocenters. The van der Waals surface area contributed by atoms with Crippen LogP contribution in [-0.4, -0.2) is 15.6 Å². The van der Waals surface area contributed by atoms with E-state index >= 15 is 0 Å². The molecule has 0 spiro atoms. The van der Waals surface area contributed by atoms with Gasteiger partial charge in [0.25, 0.3) is 0 Å². The van der Waals surface area contributed by atoms with E-state index in [-0.39, 0.29) is 11.5 Å². The molecule has 0 heterocycles. The van der Waals surface area contributed by atoms with Gasteiger partial charge in [0.15, 0.2) is 0 Å². The molecule has 1 aromatic rings. The standard InChI is InChI=1S/C18H29ClO2/c1-3-4-8-16(19)9-6-5-7-14(2)10-15-11-17(20)13-18(21)12-15/h11-14,16,20-21H,3-10H2,1-2H3. The third-order valence-electron chi connectivity index (χ3n) is 3.88. The average molecular weight is 313 g/mol. The lowest BCUT2D eigenvalue weighted by molar-refractivity contribution is 0.444. The molecule has 0 amide bonds. The first-order valence-corrected chi connectivity index (χ1v) is 8.60. The fourth-order valence-corrected chi connectivity index (χ4v) is 3.02. The van der Waals surface area contributed by atoms with Crippen molar-refractivity contribution in [3.63, 3.8) is 0 Å². The Hall–Kier alpha value is -0.890. The number of benzene rings is 1. The van der Waals surface area contributed by atoms with Gasteiger partial charge in [-0.2, -0.15) is 0 Å². The lowest BCUT2D eigenvalue weighted by Gasteiger charge is -2.13. The van der Waals surface area contributed by atoms with Gasteiger partial charge in [0.2, 0.25) is 0 Å². The molecule has 1 aromatic carbocycles. The molecule has 120 valence electrons. The molecule has 21 heavy (non-hydrogen) atoms. The highest BCUT2D eigenvalue weighted by Gasteiger charge is 2.08. The maximum atomic E-state index is 9.48. The Morgan fingerprint density at radius 3 is 2.14 bits per heavy atom. The van der Waals surface area contributed by atoms with Crippen molar-refractivity contribution in [2.45, 2.75) is 70.6 Å². The molecular weight excluding hydrogens is 284 g/mol. The van der Waals surface area contributed by atoms with Gasteiger partial charge in [-0.25, -0.2) is 0 Å². The van der Waals surface area contributed by atoms with Crippen LogP contribution in [0.25, 0.3) is 0 Å². The lowest BCUT2D eigenvalue weighted by Crippen LogP contribution is -2.02. The average Bonchev–Trinajstić information content (AvgIpc) is 2.40. The van der Waals surface area contributed by atoms with Crippen LogP contribution in [-0.2, 0) is 6.42 Å². The summed E-state index contributed by atoms with van der Waals surface area (Å²) in [7, 11) is 0. The van der Waals surface area contributed by atoms with Crippen molar-refractivity contribution in [3.05, 3.63) is 23.8 Å². The number of aromatic hydroxyl groups is 2. The molecule has 2 N–H and O–H groups in total. The fourth-order valence-electron chi connectivity index (χ4n) is 2.71. The van der Waals surface area contributed by atoms with Crippen molar-refractivity contribution in [2.24, 2.45) is 5.92 Å². The molecule has 0 aromatic heterocycles. The topological polar surface area (TPSA) is 40.5 Å². The summed E-state index contributed by atoms with van der Waals surface area (Å²) < 4.78 is 0. The molecule has 1 rings (SSSR count). The molecule has 0 radical (unpaired) electrons. The molecule has 0 fully saturated rings. The lowest BCUT2D eigenvalue weighted by atomic mass is 9.95. The number of unbranched alkanes of at least 4 members (excludes halogenated alkanes) is 2. The molecule has 3 heteroatoms. The SMILES string of the molecule is CCCCC(Cl)CCCCC(C)Cc1cc(O)cc(O)c1. The Kier molecular flexibility index (Phi) is 8.60. The molecule has 0 bridgehead atoms. The van der Waals surface area contributed by atoms with Crippen molar-refractivity contribution in [3.8, 4) is 11.5 Å². The summed E-state index contributed by atoms with van der Waals surface area (Å²) in [5.41, 5.74) is 0.998. The van der Waals surface area contributed by atoms with Crippen molar-refractivity contribution in [2.75, 3.05) is 0 Å². The van der Waals surface area contributed by atoms with Gasteiger partial charge in [-0.3, -0.25) is 0 Å². The summed E-state index contributed by atoms with van der Waals surface area (Å²) in [5, 5.41) is 19.3. The van der Waals surface area contributed by atoms with E-state index in [4.69, 9.17) is 11.6 Å². The van der Waals surface area contributed by atoms with E-state index in [1.54, 1.807) is 12.1 Å². The van der Waals surface area contributed by atoms with Gasteiger partial charge < -0.3 is 10.2 Å². The summed E-state index contributed by atoms with van der Waals surface area (Å²) in [5.74, 6) is 0.826. The minimum absolute atomic E-state index is 0.137. The van der Waals surface area contributed by atoms with E-state index in [0.717, 1.165) is 31.2 Å². The number of phenols is 2. The molecule has 0 aliphatic heterocycles. The van der Waals surface area contributed by atoms with Crippen molar-refractivity contribution in [1.82, 2.24) is 0 Å². The third-order valence-corrected chi connectivity index (χ3v) is 4.32. The van der Waals surface area contributed by atoms with Crippen LogP contribution in [0.2, 0.25) is 0 Å². The van der Waals surface area contributed by atoms with Gasteiger partial charge in [-0.1, -0.05) is 46.0 Å². The highest BCUT2D eigenvalue weighted by Crippen LogP contribution is 2.24. The van der Waals surface area contributed by atoms with Crippen molar-refractivity contribution in [1.29, 1.82) is 0 Å². The Balaban J connectivity index is 2.20. The van der Waals surface area contributed by atoms with Gasteiger partial charge in [0.1, 0.15) is 11.5 Å². The molecule has 2 atom stereocenters. The summed E-state index contributed by atoms with van der Waals surface area (Å²) in [6.45, 7) is 4.42. The number of halogens is 1. The molecule has 0 saturated heterocycles. The first-order chi connectivity index (χ1) is 10.0. The number of hydrogen-bond acceptors (Lipinski definition) is 2. The summed E-state index contributed by atoms with van der Waals surface area (Å²) >= 11 is 6.28. The van der Waals surface area contributed by atoms with Crippen molar-refractivity contribution < 1.29 is 10.2 Å². The zero-order chi connectivity index (χ0) is 15.7. The predicted molar refractivity (Wildman–Crippen MR) is 90.3 cm³/mol. The predicted octanol–water partition coefficient (Wildman–Crippen LogP) is 5.63. The Morgan fingerprint density at radius 1 is 0.952 bits per heavy atom. The zero-order valence-corrected chi connectivity index (χ0v) is 14.1. The molecule has 0 aliphatic rings. The maximum Gasteiger partial charge on any atom is 0.119 e. The first kappa shape index (κ1) is 18.2. The van der Waals surface area contributed by atoms with Gasteiger partial charge in [0.05, 0.1) is 0 Å². The third kappa shape index (κ3) is 8.21. The van der Waals surface area contributed by atoms with Gasteiger partial charge in [-0.15, -0.1) is 11.6 Å². The van der Waals surface area contributed by atoms with E-state index in [1.165, 1.54) is 31.7 Å². The zero-order valence-electron chi connectivity index (χ0n) is 13.3. The maximum absolute atomic E-state index is 9.48. The van der Waals surface area contributed by atoms with Crippen LogP contribution in [0.15, 0.2) is 18.2 Å². The van der Waals surface area contributed by atoms with Gasteiger partial charge in [0, 0.05) is 11.4 Å². The Bertz CT molecular complexity index is 386. The Morgan fingerprint density at radius 2 is 1.52 bits per heavy atom. The van der Waals surface area contributed by atoms with Crippen LogP contribution in [0.4, 0.5) is 0 Å². The number of phenolic OH excluding ortho intramolecular Hbond substituents is 2. The number of rotatable bonds is 10. The van der Waals surface area contributed by atoms with E-state index in [9.17, 15) is 10.2 Å². The van der Waals surface area contributed by atoms with Crippen LogP contribution in [0.1, 0.15) is 64.4 Å². The second-order valence-corrected chi connectivity index (χ2v) is 6.81. The minimum atomic E-state index is 0.137. The second-order valence-electron chi connectivity index (χ2n) is 6.19. The highest BCUT2D eigenvalue weighted by atomic mass is 35.5. The number of alkyl halides is 1. The minimum Gasteiger partial charge on any atom is -0.508 e. The largest absolute Gasteiger partial charge is 0.508 e. The normalized spacial score (nSPS) is 14.0. The van der Waals surface area contributed by atoms with Gasteiger partial charge >= 0.3 is 0 Å². The monoisotopic (exact) mass is 312 g/mol. The number of hydrogen-bond donors (Lipinski definition) is 2. The van der Waals surface area contributed by atoms with E-state index in [0.29, 0.717) is 11.3 Å². The Labute approximate surface area is 134 Å². The molecule has 0 aliphatic carbocycles. The van der Waals surface area contributed by atoms with Crippen molar-refractivity contribution >= 4 is 11.6 Å². The van der Waals surface area contributed by atoms with Gasteiger partial charge in [-0.05, 0) is 42.9 Å². The molecule has 2 nitrogen and oxygen atoms in total.